The second-order valence-corrected chi connectivity index (χ2v) is 4.62. The highest BCUT2D eigenvalue weighted by Crippen LogP contribution is 2.19. The third-order valence-electron chi connectivity index (χ3n) is 2.99. The predicted molar refractivity (Wildman–Crippen MR) is 78.2 cm³/mol. The SMILES string of the molecule is Cc1cccc(/C=C2\N=C(c3ccccc3)OC2=O)c1. The maximum Gasteiger partial charge on any atom is 0.363 e. The van der Waals surface area contributed by atoms with Gasteiger partial charge in [0.1, 0.15) is 0 Å². The van der Waals surface area contributed by atoms with Gasteiger partial charge in [-0.05, 0) is 30.7 Å². The van der Waals surface area contributed by atoms with E-state index in [0.717, 1.165) is 16.7 Å². The summed E-state index contributed by atoms with van der Waals surface area (Å²) >= 11 is 0. The van der Waals surface area contributed by atoms with E-state index in [9.17, 15) is 4.79 Å². The molecule has 3 rings (SSSR count). The fraction of sp³-hybridized carbons (Fsp3) is 0.0588. The molecule has 1 heterocycles. The Morgan fingerprint density at radius 2 is 1.85 bits per heavy atom. The smallest absolute Gasteiger partial charge is 0.363 e. The second kappa shape index (κ2) is 5.13. The van der Waals surface area contributed by atoms with Crippen LogP contribution in [0, 0.1) is 6.92 Å². The zero-order chi connectivity index (χ0) is 13.9. The number of carbonyl (C=O) groups excluding carboxylic acids is 1. The number of hydrogen-bond acceptors (Lipinski definition) is 3. The van der Waals surface area contributed by atoms with Crippen molar-refractivity contribution in [3.8, 4) is 0 Å². The van der Waals surface area contributed by atoms with Gasteiger partial charge in [0, 0.05) is 5.56 Å². The molecule has 0 saturated carbocycles. The summed E-state index contributed by atoms with van der Waals surface area (Å²) in [7, 11) is 0. The van der Waals surface area contributed by atoms with E-state index in [-0.39, 0.29) is 0 Å². The first kappa shape index (κ1) is 12.4. The van der Waals surface area contributed by atoms with Gasteiger partial charge in [-0.2, -0.15) is 0 Å². The van der Waals surface area contributed by atoms with E-state index < -0.39 is 5.97 Å². The van der Waals surface area contributed by atoms with Crippen LogP contribution in [-0.2, 0) is 9.53 Å². The molecule has 0 bridgehead atoms. The largest absolute Gasteiger partial charge is 0.402 e. The minimum atomic E-state index is -0.412. The fourth-order valence-electron chi connectivity index (χ4n) is 2.03. The molecule has 0 saturated heterocycles. The van der Waals surface area contributed by atoms with Crippen LogP contribution in [0.1, 0.15) is 16.7 Å². The van der Waals surface area contributed by atoms with Gasteiger partial charge in [0.05, 0.1) is 0 Å². The van der Waals surface area contributed by atoms with Crippen molar-refractivity contribution >= 4 is 17.9 Å². The lowest BCUT2D eigenvalue weighted by Gasteiger charge is -1.97. The molecule has 0 aromatic heterocycles. The van der Waals surface area contributed by atoms with Gasteiger partial charge in [-0.3, -0.25) is 0 Å². The summed E-state index contributed by atoms with van der Waals surface area (Å²) < 4.78 is 5.21. The fourth-order valence-corrected chi connectivity index (χ4v) is 2.03. The molecule has 0 atom stereocenters. The van der Waals surface area contributed by atoms with E-state index in [2.05, 4.69) is 4.99 Å². The van der Waals surface area contributed by atoms with Crippen LogP contribution in [0.3, 0.4) is 0 Å². The Hall–Kier alpha value is -2.68. The topological polar surface area (TPSA) is 38.7 Å². The summed E-state index contributed by atoms with van der Waals surface area (Å²) in [6, 6.07) is 17.3. The van der Waals surface area contributed by atoms with Crippen molar-refractivity contribution in [2.24, 2.45) is 4.99 Å². The Morgan fingerprint density at radius 1 is 1.05 bits per heavy atom. The Balaban J connectivity index is 1.95. The number of hydrogen-bond donors (Lipinski definition) is 0. The number of benzene rings is 2. The summed E-state index contributed by atoms with van der Waals surface area (Å²) in [6.45, 7) is 2.01. The molecule has 3 nitrogen and oxygen atoms in total. The molecule has 2 aromatic rings. The summed E-state index contributed by atoms with van der Waals surface area (Å²) in [6.07, 6.45) is 1.74. The Labute approximate surface area is 117 Å². The van der Waals surface area contributed by atoms with E-state index in [0.29, 0.717) is 11.6 Å². The van der Waals surface area contributed by atoms with Gasteiger partial charge in [-0.15, -0.1) is 0 Å². The monoisotopic (exact) mass is 263 g/mol. The number of aryl methyl sites for hydroxylation is 1. The summed E-state index contributed by atoms with van der Waals surface area (Å²) in [5, 5.41) is 0. The minimum Gasteiger partial charge on any atom is -0.402 e. The molecule has 3 heteroatoms. The highest BCUT2D eigenvalue weighted by atomic mass is 16.6. The van der Waals surface area contributed by atoms with E-state index >= 15 is 0 Å². The first-order valence-electron chi connectivity index (χ1n) is 6.37. The van der Waals surface area contributed by atoms with Crippen molar-refractivity contribution in [3.05, 3.63) is 77.0 Å². The number of aliphatic imine (C=N–C) groups is 1. The molecule has 0 radical (unpaired) electrons. The maximum absolute atomic E-state index is 11.8. The molecule has 0 aliphatic carbocycles. The van der Waals surface area contributed by atoms with Crippen LogP contribution in [0.2, 0.25) is 0 Å². The predicted octanol–water partition coefficient (Wildman–Crippen LogP) is 3.34. The minimum absolute atomic E-state index is 0.328. The quantitative estimate of drug-likeness (QED) is 0.615. The van der Waals surface area contributed by atoms with Crippen molar-refractivity contribution in [1.29, 1.82) is 0 Å². The molecular weight excluding hydrogens is 250 g/mol. The van der Waals surface area contributed by atoms with Crippen LogP contribution in [0.4, 0.5) is 0 Å². The molecule has 98 valence electrons. The van der Waals surface area contributed by atoms with Crippen LogP contribution in [0.15, 0.2) is 65.3 Å². The number of ether oxygens (including phenoxy) is 1. The van der Waals surface area contributed by atoms with Crippen LogP contribution in [-0.4, -0.2) is 11.9 Å². The van der Waals surface area contributed by atoms with E-state index in [4.69, 9.17) is 4.74 Å². The molecule has 0 N–H and O–H groups in total. The average molecular weight is 263 g/mol. The maximum atomic E-state index is 11.8. The van der Waals surface area contributed by atoms with Gasteiger partial charge in [-0.25, -0.2) is 9.79 Å². The Bertz CT molecular complexity index is 715. The average Bonchev–Trinajstić information content (AvgIpc) is 2.81. The lowest BCUT2D eigenvalue weighted by Crippen LogP contribution is -2.04. The van der Waals surface area contributed by atoms with E-state index in [1.807, 2.05) is 61.5 Å². The molecule has 0 unspecified atom stereocenters. The number of carbonyl (C=O) groups is 1. The van der Waals surface area contributed by atoms with Gasteiger partial charge < -0.3 is 4.74 Å². The second-order valence-electron chi connectivity index (χ2n) is 4.62. The van der Waals surface area contributed by atoms with Crippen LogP contribution < -0.4 is 0 Å². The third kappa shape index (κ3) is 2.52. The zero-order valence-electron chi connectivity index (χ0n) is 11.0. The van der Waals surface area contributed by atoms with Gasteiger partial charge in [0.25, 0.3) is 0 Å². The summed E-state index contributed by atoms with van der Waals surface area (Å²) in [5.41, 5.74) is 3.20. The number of nitrogens with zero attached hydrogens (tertiary/aromatic N) is 1. The summed E-state index contributed by atoms with van der Waals surface area (Å²) in [4.78, 5) is 16.1. The number of esters is 1. The van der Waals surface area contributed by atoms with Crippen molar-refractivity contribution in [2.45, 2.75) is 6.92 Å². The molecule has 0 spiro atoms. The first-order valence-corrected chi connectivity index (χ1v) is 6.37. The Morgan fingerprint density at radius 3 is 2.60 bits per heavy atom. The van der Waals surface area contributed by atoms with Gasteiger partial charge in [0.2, 0.25) is 5.90 Å². The molecular formula is C17H13NO2. The molecule has 2 aromatic carbocycles. The summed E-state index contributed by atoms with van der Waals surface area (Å²) in [5.74, 6) is -0.0557. The third-order valence-corrected chi connectivity index (χ3v) is 2.99. The van der Waals surface area contributed by atoms with Crippen molar-refractivity contribution in [1.82, 2.24) is 0 Å². The Kier molecular flexibility index (Phi) is 3.17. The zero-order valence-corrected chi connectivity index (χ0v) is 11.0. The van der Waals surface area contributed by atoms with Crippen LogP contribution >= 0.6 is 0 Å². The van der Waals surface area contributed by atoms with Crippen LogP contribution in [0.25, 0.3) is 6.08 Å². The standard InChI is InChI=1S/C17H13NO2/c1-12-6-5-7-13(10-12)11-15-17(19)20-16(18-15)14-8-3-2-4-9-14/h2-11H,1H3/b15-11-. The van der Waals surface area contributed by atoms with Gasteiger partial charge >= 0.3 is 5.97 Å². The van der Waals surface area contributed by atoms with Crippen molar-refractivity contribution in [2.75, 3.05) is 0 Å². The van der Waals surface area contributed by atoms with Crippen molar-refractivity contribution < 1.29 is 9.53 Å². The highest BCUT2D eigenvalue weighted by molar-refractivity contribution is 6.12. The molecule has 0 amide bonds. The first-order chi connectivity index (χ1) is 9.72. The van der Waals surface area contributed by atoms with Crippen LogP contribution in [0.5, 0.6) is 0 Å². The highest BCUT2D eigenvalue weighted by Gasteiger charge is 2.23. The van der Waals surface area contributed by atoms with Gasteiger partial charge in [-0.1, -0.05) is 48.0 Å². The van der Waals surface area contributed by atoms with Crippen molar-refractivity contribution in [3.63, 3.8) is 0 Å². The lowest BCUT2D eigenvalue weighted by atomic mass is 10.1. The van der Waals surface area contributed by atoms with E-state index in [1.54, 1.807) is 6.08 Å². The molecule has 1 aliphatic heterocycles. The molecule has 20 heavy (non-hydrogen) atoms. The normalized spacial score (nSPS) is 16.1. The van der Waals surface area contributed by atoms with Gasteiger partial charge in [0.15, 0.2) is 5.70 Å². The molecule has 0 fully saturated rings. The lowest BCUT2D eigenvalue weighted by molar-refractivity contribution is -0.129. The van der Waals surface area contributed by atoms with E-state index in [1.165, 1.54) is 0 Å². The number of cyclic esters (lactones) is 1. The molecule has 1 aliphatic rings. The number of rotatable bonds is 2.